The molecule has 1 unspecified atom stereocenters. The molecule has 0 aromatic heterocycles. The van der Waals surface area contributed by atoms with Crippen LogP contribution in [0.25, 0.3) is 0 Å². The number of rotatable bonds is 11. The predicted molar refractivity (Wildman–Crippen MR) is 133 cm³/mol. The third-order valence-electron chi connectivity index (χ3n) is 5.43. The van der Waals surface area contributed by atoms with Crippen LogP contribution in [0.2, 0.25) is 0 Å². The number of benzene rings is 3. The molecule has 35 heavy (non-hydrogen) atoms. The minimum Gasteiger partial charge on any atom is -0.493 e. The highest BCUT2D eigenvalue weighted by atomic mass is 32.2. The van der Waals surface area contributed by atoms with Gasteiger partial charge in [0, 0.05) is 13.6 Å². The van der Waals surface area contributed by atoms with Crippen molar-refractivity contribution in [2.45, 2.75) is 24.4 Å². The molecule has 1 N–H and O–H groups in total. The molecule has 0 fully saturated rings. The molecule has 3 rings (SSSR count). The number of hydrogen-bond donors (Lipinski definition) is 1. The SMILES string of the molecule is COc1ccc(C(C)NC(=O)COc2ccc(S(=O)(=O)N(C)Cc3ccccc3)cc2)cc1OC. The summed E-state index contributed by atoms with van der Waals surface area (Å²) in [4.78, 5) is 12.5. The van der Waals surface area contributed by atoms with E-state index in [1.807, 2.05) is 43.3 Å². The van der Waals surface area contributed by atoms with Gasteiger partial charge in [-0.05, 0) is 54.4 Å². The lowest BCUT2D eigenvalue weighted by molar-refractivity contribution is -0.123. The zero-order chi connectivity index (χ0) is 25.4. The highest BCUT2D eigenvalue weighted by Crippen LogP contribution is 2.30. The Morgan fingerprint density at radius 2 is 1.60 bits per heavy atom. The van der Waals surface area contributed by atoms with Crippen molar-refractivity contribution in [2.75, 3.05) is 27.9 Å². The first-order valence-electron chi connectivity index (χ1n) is 11.0. The van der Waals surface area contributed by atoms with Crippen LogP contribution in [0.4, 0.5) is 0 Å². The van der Waals surface area contributed by atoms with E-state index in [0.29, 0.717) is 17.2 Å². The van der Waals surface area contributed by atoms with E-state index >= 15 is 0 Å². The van der Waals surface area contributed by atoms with Crippen LogP contribution in [0.1, 0.15) is 24.1 Å². The number of nitrogens with zero attached hydrogens (tertiary/aromatic N) is 1. The van der Waals surface area contributed by atoms with Crippen LogP contribution in [0, 0.1) is 0 Å². The smallest absolute Gasteiger partial charge is 0.258 e. The van der Waals surface area contributed by atoms with E-state index in [1.54, 1.807) is 26.4 Å². The molecule has 186 valence electrons. The van der Waals surface area contributed by atoms with Crippen molar-refractivity contribution < 1.29 is 27.4 Å². The lowest BCUT2D eigenvalue weighted by Crippen LogP contribution is -2.31. The summed E-state index contributed by atoms with van der Waals surface area (Å²) in [5.74, 6) is 1.26. The molecule has 0 bridgehead atoms. The molecule has 0 aliphatic carbocycles. The Morgan fingerprint density at radius 1 is 0.943 bits per heavy atom. The third-order valence-corrected chi connectivity index (χ3v) is 7.25. The van der Waals surface area contributed by atoms with E-state index in [4.69, 9.17) is 14.2 Å². The van der Waals surface area contributed by atoms with Gasteiger partial charge in [0.1, 0.15) is 5.75 Å². The number of carbonyl (C=O) groups is 1. The highest BCUT2D eigenvalue weighted by molar-refractivity contribution is 7.89. The highest BCUT2D eigenvalue weighted by Gasteiger charge is 2.21. The molecule has 1 amide bonds. The molecule has 0 saturated heterocycles. The van der Waals surface area contributed by atoms with Crippen LogP contribution in [0.15, 0.2) is 77.7 Å². The summed E-state index contributed by atoms with van der Waals surface area (Å²) in [6.07, 6.45) is 0. The van der Waals surface area contributed by atoms with Crippen LogP contribution in [0.5, 0.6) is 17.2 Å². The van der Waals surface area contributed by atoms with Gasteiger partial charge in [0.15, 0.2) is 18.1 Å². The zero-order valence-electron chi connectivity index (χ0n) is 20.2. The predicted octanol–water partition coefficient (Wildman–Crippen LogP) is 3.78. The van der Waals surface area contributed by atoms with Crippen molar-refractivity contribution in [2.24, 2.45) is 0 Å². The number of ether oxygens (including phenoxy) is 3. The number of carbonyl (C=O) groups excluding carboxylic acids is 1. The zero-order valence-corrected chi connectivity index (χ0v) is 21.0. The summed E-state index contributed by atoms with van der Waals surface area (Å²) < 4.78 is 43.1. The Balaban J connectivity index is 1.55. The first-order valence-corrected chi connectivity index (χ1v) is 12.4. The largest absolute Gasteiger partial charge is 0.493 e. The number of sulfonamides is 1. The van der Waals surface area contributed by atoms with Crippen molar-refractivity contribution in [1.82, 2.24) is 9.62 Å². The number of hydrogen-bond acceptors (Lipinski definition) is 6. The molecule has 0 aliphatic heterocycles. The Hall–Kier alpha value is -3.56. The number of methoxy groups -OCH3 is 2. The van der Waals surface area contributed by atoms with Gasteiger partial charge in [0.05, 0.1) is 25.2 Å². The molecule has 8 nitrogen and oxygen atoms in total. The summed E-state index contributed by atoms with van der Waals surface area (Å²) in [6.45, 7) is 1.90. The average Bonchev–Trinajstić information content (AvgIpc) is 2.87. The van der Waals surface area contributed by atoms with E-state index in [1.165, 1.54) is 35.6 Å². The van der Waals surface area contributed by atoms with Crippen LogP contribution in [-0.2, 0) is 21.4 Å². The van der Waals surface area contributed by atoms with Crippen molar-refractivity contribution >= 4 is 15.9 Å². The monoisotopic (exact) mass is 498 g/mol. The first kappa shape index (κ1) is 26.1. The minimum atomic E-state index is -3.66. The van der Waals surface area contributed by atoms with Gasteiger partial charge in [-0.1, -0.05) is 36.4 Å². The third kappa shape index (κ3) is 6.74. The second-order valence-corrected chi connectivity index (χ2v) is 9.96. The van der Waals surface area contributed by atoms with Gasteiger partial charge in [-0.25, -0.2) is 8.42 Å². The van der Waals surface area contributed by atoms with Crippen molar-refractivity contribution in [3.8, 4) is 17.2 Å². The first-order chi connectivity index (χ1) is 16.7. The second kappa shape index (κ2) is 11.7. The maximum absolute atomic E-state index is 12.9. The number of amides is 1. The molecular weight excluding hydrogens is 468 g/mol. The van der Waals surface area contributed by atoms with Crippen molar-refractivity contribution in [3.05, 3.63) is 83.9 Å². The lowest BCUT2D eigenvalue weighted by atomic mass is 10.1. The number of nitrogens with one attached hydrogen (secondary N) is 1. The van der Waals surface area contributed by atoms with Crippen LogP contribution in [0.3, 0.4) is 0 Å². The molecule has 3 aromatic rings. The molecule has 0 saturated carbocycles. The molecule has 1 atom stereocenters. The lowest BCUT2D eigenvalue weighted by Gasteiger charge is -2.18. The Bertz CT molecular complexity index is 1230. The maximum Gasteiger partial charge on any atom is 0.258 e. The van der Waals surface area contributed by atoms with E-state index in [-0.39, 0.29) is 30.0 Å². The maximum atomic E-state index is 12.9. The fourth-order valence-corrected chi connectivity index (χ4v) is 4.61. The Labute approximate surface area is 206 Å². The normalized spacial score (nSPS) is 12.1. The summed E-state index contributed by atoms with van der Waals surface area (Å²) in [6, 6.07) is 20.5. The van der Waals surface area contributed by atoms with E-state index in [9.17, 15) is 13.2 Å². The average molecular weight is 499 g/mol. The summed E-state index contributed by atoms with van der Waals surface area (Å²) in [5.41, 5.74) is 1.75. The summed E-state index contributed by atoms with van der Waals surface area (Å²) in [7, 11) is 0.988. The quantitative estimate of drug-likeness (QED) is 0.432. The molecule has 9 heteroatoms. The molecule has 0 heterocycles. The van der Waals surface area contributed by atoms with Gasteiger partial charge in [-0.15, -0.1) is 0 Å². The fourth-order valence-electron chi connectivity index (χ4n) is 3.45. The summed E-state index contributed by atoms with van der Waals surface area (Å²) in [5, 5.41) is 2.87. The van der Waals surface area contributed by atoms with E-state index in [2.05, 4.69) is 5.32 Å². The molecular formula is C26H30N2O6S. The topological polar surface area (TPSA) is 94.2 Å². The molecule has 0 aliphatic rings. The van der Waals surface area contributed by atoms with E-state index < -0.39 is 10.0 Å². The van der Waals surface area contributed by atoms with Gasteiger partial charge in [0.2, 0.25) is 10.0 Å². The molecule has 0 spiro atoms. The molecule has 3 aromatic carbocycles. The van der Waals surface area contributed by atoms with Crippen molar-refractivity contribution in [3.63, 3.8) is 0 Å². The standard InChI is InChI=1S/C26H30N2O6S/c1-19(21-10-15-24(32-3)25(16-21)33-4)27-26(29)18-34-22-11-13-23(14-12-22)35(30,31)28(2)17-20-8-6-5-7-9-20/h5-16,19H,17-18H2,1-4H3,(H,27,29). The Morgan fingerprint density at radius 3 is 2.23 bits per heavy atom. The van der Waals surface area contributed by atoms with Gasteiger partial charge >= 0.3 is 0 Å². The van der Waals surface area contributed by atoms with E-state index in [0.717, 1.165) is 11.1 Å². The van der Waals surface area contributed by atoms with Crippen LogP contribution in [-0.4, -0.2) is 46.5 Å². The van der Waals surface area contributed by atoms with Crippen molar-refractivity contribution in [1.29, 1.82) is 0 Å². The summed E-state index contributed by atoms with van der Waals surface area (Å²) >= 11 is 0. The van der Waals surface area contributed by atoms with Crippen LogP contribution >= 0.6 is 0 Å². The fraction of sp³-hybridized carbons (Fsp3) is 0.269. The second-order valence-electron chi connectivity index (χ2n) is 7.91. The van der Waals surface area contributed by atoms with Gasteiger partial charge in [0.25, 0.3) is 5.91 Å². The minimum absolute atomic E-state index is 0.148. The van der Waals surface area contributed by atoms with Gasteiger partial charge in [-0.2, -0.15) is 4.31 Å². The van der Waals surface area contributed by atoms with Gasteiger partial charge < -0.3 is 19.5 Å². The van der Waals surface area contributed by atoms with Crippen LogP contribution < -0.4 is 19.5 Å². The Kier molecular flexibility index (Phi) is 8.73. The van der Waals surface area contributed by atoms with Gasteiger partial charge in [-0.3, -0.25) is 4.79 Å². The molecule has 0 radical (unpaired) electrons.